The van der Waals surface area contributed by atoms with Gasteiger partial charge in [-0.25, -0.2) is 0 Å². The van der Waals surface area contributed by atoms with Gasteiger partial charge in [-0.2, -0.15) is 13.2 Å². The maximum atomic E-state index is 11.7. The predicted octanol–water partition coefficient (Wildman–Crippen LogP) is -0.411. The molecule has 1 saturated heterocycles. The van der Waals surface area contributed by atoms with Crippen LogP contribution in [-0.4, -0.2) is 54.9 Å². The Morgan fingerprint density at radius 2 is 2.07 bits per heavy atom. The molecular formula is C8H13F3N2O2. The lowest BCUT2D eigenvalue weighted by molar-refractivity contribution is -0.140. The second-order valence-electron chi connectivity index (χ2n) is 3.57. The highest BCUT2D eigenvalue weighted by Gasteiger charge is 2.31. The maximum absolute atomic E-state index is 11.7. The lowest BCUT2D eigenvalue weighted by Crippen LogP contribution is -2.54. The number of carbonyl (C=O) groups is 1. The fourth-order valence-electron chi connectivity index (χ4n) is 1.31. The lowest BCUT2D eigenvalue weighted by atomic mass is 10.0. The van der Waals surface area contributed by atoms with Crippen molar-refractivity contribution in [3.63, 3.8) is 0 Å². The number of hydrogen-bond donors (Lipinski definition) is 2. The van der Waals surface area contributed by atoms with Crippen molar-refractivity contribution in [1.29, 1.82) is 0 Å². The first-order chi connectivity index (χ1) is 6.92. The van der Waals surface area contributed by atoms with Crippen LogP contribution in [0.3, 0.4) is 0 Å². The van der Waals surface area contributed by atoms with Crippen LogP contribution in [0, 0.1) is 5.92 Å². The SMILES string of the molecule is O=C(CNCC(F)(F)F)N1CC(CO)C1. The Labute approximate surface area is 85.1 Å². The van der Waals surface area contributed by atoms with Crippen LogP contribution in [0.15, 0.2) is 0 Å². The summed E-state index contributed by atoms with van der Waals surface area (Å²) >= 11 is 0. The van der Waals surface area contributed by atoms with Gasteiger partial charge in [-0.3, -0.25) is 4.79 Å². The lowest BCUT2D eigenvalue weighted by Gasteiger charge is -2.38. The smallest absolute Gasteiger partial charge is 0.396 e. The van der Waals surface area contributed by atoms with Crippen molar-refractivity contribution in [3.8, 4) is 0 Å². The van der Waals surface area contributed by atoms with E-state index in [2.05, 4.69) is 0 Å². The first-order valence-corrected chi connectivity index (χ1v) is 4.58. The van der Waals surface area contributed by atoms with E-state index in [0.29, 0.717) is 13.1 Å². The molecule has 7 heteroatoms. The molecule has 0 bridgehead atoms. The number of rotatable bonds is 4. The van der Waals surface area contributed by atoms with Crippen LogP contribution in [-0.2, 0) is 4.79 Å². The Morgan fingerprint density at radius 3 is 2.53 bits per heavy atom. The van der Waals surface area contributed by atoms with Gasteiger partial charge in [-0.15, -0.1) is 0 Å². The fraction of sp³-hybridized carbons (Fsp3) is 0.875. The fourth-order valence-corrected chi connectivity index (χ4v) is 1.31. The molecule has 1 amide bonds. The van der Waals surface area contributed by atoms with Gasteiger partial charge in [0.25, 0.3) is 0 Å². The number of amides is 1. The van der Waals surface area contributed by atoms with Crippen LogP contribution in [0.1, 0.15) is 0 Å². The van der Waals surface area contributed by atoms with Crippen LogP contribution >= 0.6 is 0 Å². The average Bonchev–Trinajstić information content (AvgIpc) is 1.99. The third-order valence-electron chi connectivity index (χ3n) is 2.17. The maximum Gasteiger partial charge on any atom is 0.401 e. The van der Waals surface area contributed by atoms with Crippen LogP contribution < -0.4 is 5.32 Å². The molecule has 0 aromatic heterocycles. The van der Waals surface area contributed by atoms with E-state index in [-0.39, 0.29) is 25.0 Å². The minimum Gasteiger partial charge on any atom is -0.396 e. The number of nitrogens with zero attached hydrogens (tertiary/aromatic N) is 1. The average molecular weight is 226 g/mol. The summed E-state index contributed by atoms with van der Waals surface area (Å²) in [5.41, 5.74) is 0. The van der Waals surface area contributed by atoms with Gasteiger partial charge in [0.15, 0.2) is 0 Å². The van der Waals surface area contributed by atoms with Crippen LogP contribution in [0.25, 0.3) is 0 Å². The van der Waals surface area contributed by atoms with Gasteiger partial charge in [0.05, 0.1) is 13.1 Å². The molecule has 2 N–H and O–H groups in total. The Kier molecular flexibility index (Phi) is 3.92. The predicted molar refractivity (Wildman–Crippen MR) is 46.1 cm³/mol. The number of carbonyl (C=O) groups excluding carboxylic acids is 1. The van der Waals surface area contributed by atoms with Gasteiger partial charge < -0.3 is 15.3 Å². The highest BCUT2D eigenvalue weighted by Crippen LogP contribution is 2.15. The van der Waals surface area contributed by atoms with Gasteiger partial charge in [0.2, 0.25) is 5.91 Å². The summed E-state index contributed by atoms with van der Waals surface area (Å²) < 4.78 is 35.1. The van der Waals surface area contributed by atoms with E-state index in [0.717, 1.165) is 0 Å². The van der Waals surface area contributed by atoms with E-state index in [9.17, 15) is 18.0 Å². The van der Waals surface area contributed by atoms with Gasteiger partial charge in [-0.1, -0.05) is 0 Å². The van der Waals surface area contributed by atoms with Crippen molar-refractivity contribution in [1.82, 2.24) is 10.2 Å². The summed E-state index contributed by atoms with van der Waals surface area (Å²) in [6.07, 6.45) is -4.29. The molecule has 1 fully saturated rings. The number of alkyl halides is 3. The number of halogens is 3. The van der Waals surface area contributed by atoms with E-state index < -0.39 is 12.7 Å². The third kappa shape index (κ3) is 4.05. The zero-order valence-corrected chi connectivity index (χ0v) is 8.05. The van der Waals surface area contributed by atoms with E-state index in [4.69, 9.17) is 5.11 Å². The van der Waals surface area contributed by atoms with Crippen molar-refractivity contribution in [2.75, 3.05) is 32.8 Å². The molecule has 0 unspecified atom stereocenters. The molecule has 4 nitrogen and oxygen atoms in total. The van der Waals surface area contributed by atoms with Crippen molar-refractivity contribution in [3.05, 3.63) is 0 Å². The minimum atomic E-state index is -4.29. The topological polar surface area (TPSA) is 52.6 Å². The van der Waals surface area contributed by atoms with Crippen molar-refractivity contribution < 1.29 is 23.1 Å². The van der Waals surface area contributed by atoms with E-state index >= 15 is 0 Å². The molecule has 15 heavy (non-hydrogen) atoms. The second kappa shape index (κ2) is 4.80. The van der Waals surface area contributed by atoms with Gasteiger partial charge in [-0.05, 0) is 0 Å². The molecule has 1 aliphatic heterocycles. The minimum absolute atomic E-state index is 0.0137. The van der Waals surface area contributed by atoms with Gasteiger partial charge in [0, 0.05) is 25.6 Å². The molecule has 0 saturated carbocycles. The standard InChI is InChI=1S/C8H13F3N2O2/c9-8(10,11)5-12-1-7(15)13-2-6(3-13)4-14/h6,12,14H,1-5H2. The zero-order chi connectivity index (χ0) is 11.5. The first kappa shape index (κ1) is 12.3. The van der Waals surface area contributed by atoms with Crippen LogP contribution in [0.4, 0.5) is 13.2 Å². The summed E-state index contributed by atoms with van der Waals surface area (Å²) in [6.45, 7) is -0.584. The molecule has 0 aromatic rings. The Balaban J connectivity index is 2.10. The largest absolute Gasteiger partial charge is 0.401 e. The number of nitrogens with one attached hydrogen (secondary N) is 1. The normalized spacial score (nSPS) is 17.7. The Morgan fingerprint density at radius 1 is 1.47 bits per heavy atom. The van der Waals surface area contributed by atoms with Crippen molar-refractivity contribution >= 4 is 5.91 Å². The van der Waals surface area contributed by atoms with Crippen LogP contribution in [0.5, 0.6) is 0 Å². The van der Waals surface area contributed by atoms with Crippen LogP contribution in [0.2, 0.25) is 0 Å². The van der Waals surface area contributed by atoms with Crippen molar-refractivity contribution in [2.24, 2.45) is 5.92 Å². The van der Waals surface area contributed by atoms with Gasteiger partial charge in [0.1, 0.15) is 0 Å². The molecule has 0 atom stereocenters. The second-order valence-corrected chi connectivity index (χ2v) is 3.57. The Bertz CT molecular complexity index is 226. The summed E-state index contributed by atoms with van der Waals surface area (Å²) in [5, 5.41) is 10.7. The molecule has 0 spiro atoms. The molecule has 1 aliphatic rings. The summed E-state index contributed by atoms with van der Waals surface area (Å²) in [6, 6.07) is 0. The van der Waals surface area contributed by atoms with E-state index in [1.54, 1.807) is 0 Å². The number of likely N-dealkylation sites (tertiary alicyclic amines) is 1. The molecule has 0 aromatic carbocycles. The zero-order valence-electron chi connectivity index (χ0n) is 8.05. The number of hydrogen-bond acceptors (Lipinski definition) is 3. The first-order valence-electron chi connectivity index (χ1n) is 4.58. The monoisotopic (exact) mass is 226 g/mol. The summed E-state index contributed by atoms with van der Waals surface area (Å²) in [7, 11) is 0. The molecular weight excluding hydrogens is 213 g/mol. The third-order valence-corrected chi connectivity index (χ3v) is 2.17. The molecule has 1 heterocycles. The number of aliphatic hydroxyl groups is 1. The summed E-state index contributed by atoms with van der Waals surface area (Å²) in [4.78, 5) is 12.6. The summed E-state index contributed by atoms with van der Waals surface area (Å²) in [5.74, 6) is -0.277. The Hall–Kier alpha value is -0.820. The quantitative estimate of drug-likeness (QED) is 0.685. The molecule has 0 aliphatic carbocycles. The van der Waals surface area contributed by atoms with E-state index in [1.807, 2.05) is 5.32 Å². The van der Waals surface area contributed by atoms with Crippen molar-refractivity contribution in [2.45, 2.75) is 6.18 Å². The van der Waals surface area contributed by atoms with E-state index in [1.165, 1.54) is 4.90 Å². The highest BCUT2D eigenvalue weighted by molar-refractivity contribution is 5.79. The molecule has 1 rings (SSSR count). The highest BCUT2D eigenvalue weighted by atomic mass is 19.4. The molecule has 0 radical (unpaired) electrons. The number of aliphatic hydroxyl groups excluding tert-OH is 1. The molecule has 88 valence electrons. The van der Waals surface area contributed by atoms with Gasteiger partial charge >= 0.3 is 6.18 Å².